The van der Waals surface area contributed by atoms with E-state index in [0.717, 1.165) is 0 Å². The molecule has 0 fully saturated rings. The Bertz CT molecular complexity index is 557. The van der Waals surface area contributed by atoms with Gasteiger partial charge in [0.15, 0.2) is 18.2 Å². The van der Waals surface area contributed by atoms with E-state index in [2.05, 4.69) is 15.9 Å². The van der Waals surface area contributed by atoms with Crippen LogP contribution in [0.4, 0.5) is 4.39 Å². The molecule has 0 aliphatic heterocycles. The van der Waals surface area contributed by atoms with Gasteiger partial charge in [-0.2, -0.15) is 0 Å². The predicted octanol–water partition coefficient (Wildman–Crippen LogP) is 2.77. The van der Waals surface area contributed by atoms with Gasteiger partial charge in [0.05, 0.1) is 0 Å². The first-order valence-electron chi connectivity index (χ1n) is 6.62. The van der Waals surface area contributed by atoms with Crippen molar-refractivity contribution in [2.24, 2.45) is 0 Å². The molecule has 0 unspecified atom stereocenters. The van der Waals surface area contributed by atoms with Crippen LogP contribution >= 0.6 is 15.9 Å². The number of carbonyl (C=O) groups is 2. The van der Waals surface area contributed by atoms with Crippen LogP contribution in [0.2, 0.25) is 0 Å². The topological polar surface area (TPSA) is 55.8 Å². The monoisotopic (exact) mass is 375 g/mol. The molecule has 1 amide bonds. The van der Waals surface area contributed by atoms with Gasteiger partial charge in [0.1, 0.15) is 12.1 Å². The van der Waals surface area contributed by atoms with Crippen molar-refractivity contribution in [2.75, 3.05) is 20.2 Å². The molecule has 0 bridgehead atoms. The number of hydrogen-bond acceptors (Lipinski definition) is 4. The van der Waals surface area contributed by atoms with E-state index in [1.165, 1.54) is 24.1 Å². The van der Waals surface area contributed by atoms with Gasteiger partial charge < -0.3 is 14.4 Å². The summed E-state index contributed by atoms with van der Waals surface area (Å²) in [5.41, 5.74) is -0.613. The third kappa shape index (κ3) is 6.43. The molecule has 0 heterocycles. The van der Waals surface area contributed by atoms with E-state index in [1.807, 2.05) is 0 Å². The van der Waals surface area contributed by atoms with E-state index in [1.54, 1.807) is 26.8 Å². The van der Waals surface area contributed by atoms with Crippen LogP contribution in [-0.4, -0.2) is 42.6 Å². The minimum atomic E-state index is -0.613. The smallest absolute Gasteiger partial charge is 0.326 e. The Morgan fingerprint density at radius 1 is 1.32 bits per heavy atom. The number of esters is 1. The molecule has 0 N–H and O–H groups in total. The first-order chi connectivity index (χ1) is 10.1. The van der Waals surface area contributed by atoms with Gasteiger partial charge >= 0.3 is 5.97 Å². The Kier molecular flexibility index (Phi) is 6.34. The number of hydrogen-bond donors (Lipinski definition) is 0. The Balaban J connectivity index is 2.49. The molecule has 0 aromatic heterocycles. The van der Waals surface area contributed by atoms with E-state index < -0.39 is 23.3 Å². The molecule has 22 heavy (non-hydrogen) atoms. The molecule has 0 saturated carbocycles. The van der Waals surface area contributed by atoms with E-state index in [0.29, 0.717) is 4.47 Å². The van der Waals surface area contributed by atoms with E-state index in [4.69, 9.17) is 9.47 Å². The fraction of sp³-hybridized carbons (Fsp3) is 0.467. The quantitative estimate of drug-likeness (QED) is 0.742. The molecule has 7 heteroatoms. The van der Waals surface area contributed by atoms with Gasteiger partial charge in [0, 0.05) is 11.5 Å². The summed E-state index contributed by atoms with van der Waals surface area (Å²) < 4.78 is 24.4. The number of ether oxygens (including phenoxy) is 2. The summed E-state index contributed by atoms with van der Waals surface area (Å²) in [4.78, 5) is 24.6. The van der Waals surface area contributed by atoms with Crippen molar-refractivity contribution < 1.29 is 23.5 Å². The van der Waals surface area contributed by atoms with E-state index in [-0.39, 0.29) is 18.9 Å². The first kappa shape index (κ1) is 18.4. The van der Waals surface area contributed by atoms with Crippen molar-refractivity contribution in [3.8, 4) is 5.75 Å². The number of benzene rings is 1. The van der Waals surface area contributed by atoms with Crippen molar-refractivity contribution in [1.29, 1.82) is 0 Å². The molecule has 5 nitrogen and oxygen atoms in total. The SMILES string of the molecule is CN(CC(=O)OC(C)(C)C)C(=O)COc1ccc(Br)cc1F. The van der Waals surface area contributed by atoms with Crippen LogP contribution in [0.3, 0.4) is 0 Å². The van der Waals surface area contributed by atoms with Crippen molar-refractivity contribution in [3.05, 3.63) is 28.5 Å². The minimum Gasteiger partial charge on any atom is -0.481 e. The molecule has 0 aliphatic rings. The number of rotatable bonds is 5. The summed E-state index contributed by atoms with van der Waals surface area (Å²) in [6.07, 6.45) is 0. The lowest BCUT2D eigenvalue weighted by atomic mass is 10.2. The van der Waals surface area contributed by atoms with Crippen molar-refractivity contribution >= 4 is 27.8 Å². The van der Waals surface area contributed by atoms with Crippen LogP contribution in [0.1, 0.15) is 20.8 Å². The Labute approximate surface area is 137 Å². The minimum absolute atomic E-state index is 0.0257. The normalized spacial score (nSPS) is 11.0. The summed E-state index contributed by atoms with van der Waals surface area (Å²) in [6.45, 7) is 4.67. The molecule has 0 aliphatic carbocycles. The lowest BCUT2D eigenvalue weighted by Gasteiger charge is -2.22. The molecule has 1 rings (SSSR count). The third-order valence-corrected chi connectivity index (χ3v) is 2.95. The second-order valence-electron chi connectivity index (χ2n) is 5.70. The predicted molar refractivity (Wildman–Crippen MR) is 83.1 cm³/mol. The highest BCUT2D eigenvalue weighted by Crippen LogP contribution is 2.21. The molecule has 1 aromatic carbocycles. The maximum Gasteiger partial charge on any atom is 0.326 e. The molecular weight excluding hydrogens is 357 g/mol. The zero-order valence-corrected chi connectivity index (χ0v) is 14.6. The summed E-state index contributed by atoms with van der Waals surface area (Å²) >= 11 is 3.13. The molecule has 0 radical (unpaired) electrons. The number of likely N-dealkylation sites (N-methyl/N-ethyl adjacent to an activating group) is 1. The highest BCUT2D eigenvalue weighted by atomic mass is 79.9. The third-order valence-electron chi connectivity index (χ3n) is 2.46. The van der Waals surface area contributed by atoms with Crippen LogP contribution in [0, 0.1) is 5.82 Å². The Morgan fingerprint density at radius 2 is 1.95 bits per heavy atom. The van der Waals surface area contributed by atoms with Crippen LogP contribution in [0.25, 0.3) is 0 Å². The standard InChI is InChI=1S/C15H19BrFNO4/c1-15(2,3)22-14(20)8-18(4)13(19)9-21-12-6-5-10(16)7-11(12)17/h5-7H,8-9H2,1-4H3. The second kappa shape index (κ2) is 7.58. The van der Waals surface area contributed by atoms with Gasteiger partial charge in [-0.3, -0.25) is 9.59 Å². The summed E-state index contributed by atoms with van der Waals surface area (Å²) in [7, 11) is 1.45. The molecule has 0 spiro atoms. The molecule has 0 saturated heterocycles. The number of nitrogens with zero attached hydrogens (tertiary/aromatic N) is 1. The highest BCUT2D eigenvalue weighted by molar-refractivity contribution is 9.10. The highest BCUT2D eigenvalue weighted by Gasteiger charge is 2.20. The number of halogens is 2. The molecular formula is C15H19BrFNO4. The first-order valence-corrected chi connectivity index (χ1v) is 7.41. The maximum atomic E-state index is 13.5. The fourth-order valence-electron chi connectivity index (χ4n) is 1.50. The van der Waals surface area contributed by atoms with Gasteiger partial charge in [-0.15, -0.1) is 0 Å². The van der Waals surface area contributed by atoms with Gasteiger partial charge in [0.25, 0.3) is 5.91 Å². The fourth-order valence-corrected chi connectivity index (χ4v) is 1.83. The number of amides is 1. The Hall–Kier alpha value is -1.63. The molecule has 122 valence electrons. The summed E-state index contributed by atoms with van der Waals surface area (Å²) in [5.74, 6) is -1.56. The van der Waals surface area contributed by atoms with Gasteiger partial charge in [-0.05, 0) is 39.0 Å². The van der Waals surface area contributed by atoms with Crippen molar-refractivity contribution in [1.82, 2.24) is 4.90 Å². The zero-order chi connectivity index (χ0) is 16.9. The zero-order valence-electron chi connectivity index (χ0n) is 13.0. The summed E-state index contributed by atoms with van der Waals surface area (Å²) in [6, 6.07) is 4.26. The van der Waals surface area contributed by atoms with Crippen LogP contribution < -0.4 is 4.74 Å². The van der Waals surface area contributed by atoms with Crippen LogP contribution in [0.5, 0.6) is 5.75 Å². The average Bonchev–Trinajstić information content (AvgIpc) is 2.34. The van der Waals surface area contributed by atoms with Gasteiger partial charge in [-0.1, -0.05) is 15.9 Å². The Morgan fingerprint density at radius 3 is 2.50 bits per heavy atom. The largest absolute Gasteiger partial charge is 0.481 e. The molecule has 1 aromatic rings. The van der Waals surface area contributed by atoms with E-state index >= 15 is 0 Å². The summed E-state index contributed by atoms with van der Waals surface area (Å²) in [5, 5.41) is 0. The van der Waals surface area contributed by atoms with E-state index in [9.17, 15) is 14.0 Å². The number of carbonyl (C=O) groups excluding carboxylic acids is 2. The lowest BCUT2D eigenvalue weighted by Crippen LogP contribution is -2.38. The average molecular weight is 376 g/mol. The van der Waals surface area contributed by atoms with Crippen LogP contribution in [0.15, 0.2) is 22.7 Å². The van der Waals surface area contributed by atoms with Gasteiger partial charge in [-0.25, -0.2) is 4.39 Å². The van der Waals surface area contributed by atoms with Crippen molar-refractivity contribution in [3.63, 3.8) is 0 Å². The maximum absolute atomic E-state index is 13.5. The van der Waals surface area contributed by atoms with Crippen molar-refractivity contribution in [2.45, 2.75) is 26.4 Å². The molecule has 0 atom stereocenters. The lowest BCUT2D eigenvalue weighted by molar-refractivity contribution is -0.158. The van der Waals surface area contributed by atoms with Crippen LogP contribution in [-0.2, 0) is 14.3 Å². The van der Waals surface area contributed by atoms with Gasteiger partial charge in [0.2, 0.25) is 0 Å². The second-order valence-corrected chi connectivity index (χ2v) is 6.62.